The van der Waals surface area contributed by atoms with Crippen LogP contribution in [0.25, 0.3) is 0 Å². The molecule has 0 spiro atoms. The lowest BCUT2D eigenvalue weighted by Gasteiger charge is -2.32. The lowest BCUT2D eigenvalue weighted by Crippen LogP contribution is -2.47. The van der Waals surface area contributed by atoms with Gasteiger partial charge >= 0.3 is 13.2 Å². The van der Waals surface area contributed by atoms with Gasteiger partial charge in [0, 0.05) is 23.4 Å². The van der Waals surface area contributed by atoms with Gasteiger partial charge in [0.15, 0.2) is 0 Å². The first-order valence-electron chi connectivity index (χ1n) is 7.95. The Labute approximate surface area is 143 Å². The molecule has 0 bridgehead atoms. The molecule has 0 unspecified atom stereocenters. The second kappa shape index (κ2) is 6.00. The SMILES string of the molecule is COC(=O)N(c1ncc(B2OC(C)(C)C(C)(C)O2)cn1)C(C)(C)C. The predicted molar refractivity (Wildman–Crippen MR) is 92.4 cm³/mol. The first-order chi connectivity index (χ1) is 10.9. The average Bonchev–Trinajstić information content (AvgIpc) is 2.66. The van der Waals surface area contributed by atoms with Gasteiger partial charge in [-0.25, -0.2) is 19.7 Å². The highest BCUT2D eigenvalue weighted by atomic mass is 16.7. The van der Waals surface area contributed by atoms with Crippen LogP contribution >= 0.6 is 0 Å². The molecule has 1 amide bonds. The van der Waals surface area contributed by atoms with Gasteiger partial charge < -0.3 is 14.0 Å². The molecule has 0 atom stereocenters. The van der Waals surface area contributed by atoms with Crippen LogP contribution in [0.5, 0.6) is 0 Å². The summed E-state index contributed by atoms with van der Waals surface area (Å²) in [6.07, 6.45) is 2.73. The van der Waals surface area contributed by atoms with Crippen molar-refractivity contribution in [2.75, 3.05) is 12.0 Å². The van der Waals surface area contributed by atoms with Crippen molar-refractivity contribution in [1.82, 2.24) is 9.97 Å². The molecule has 7 nitrogen and oxygen atoms in total. The molecule has 1 aliphatic rings. The van der Waals surface area contributed by atoms with Crippen LogP contribution in [-0.2, 0) is 14.0 Å². The van der Waals surface area contributed by atoms with Gasteiger partial charge in [-0.2, -0.15) is 0 Å². The molecule has 2 heterocycles. The second-order valence-electron chi connectivity index (χ2n) is 7.88. The zero-order valence-electron chi connectivity index (χ0n) is 15.7. The smallest absolute Gasteiger partial charge is 0.452 e. The highest BCUT2D eigenvalue weighted by molar-refractivity contribution is 6.61. The number of anilines is 1. The zero-order chi connectivity index (χ0) is 18.3. The normalized spacial score (nSPS) is 19.2. The first-order valence-corrected chi connectivity index (χ1v) is 7.95. The Morgan fingerprint density at radius 3 is 1.96 bits per heavy atom. The number of carbonyl (C=O) groups is 1. The van der Waals surface area contributed by atoms with Crippen molar-refractivity contribution in [1.29, 1.82) is 0 Å². The summed E-state index contributed by atoms with van der Waals surface area (Å²) in [5.74, 6) is 0.273. The van der Waals surface area contributed by atoms with E-state index in [-0.39, 0.29) is 5.95 Å². The molecule has 0 radical (unpaired) electrons. The fraction of sp³-hybridized carbons (Fsp3) is 0.688. The van der Waals surface area contributed by atoms with Crippen LogP contribution in [0.2, 0.25) is 0 Å². The number of hydrogen-bond donors (Lipinski definition) is 0. The molecule has 24 heavy (non-hydrogen) atoms. The highest BCUT2D eigenvalue weighted by Crippen LogP contribution is 2.36. The molecule has 1 aliphatic heterocycles. The Balaban J connectivity index is 2.27. The topological polar surface area (TPSA) is 73.8 Å². The molecular formula is C16H26BN3O4. The van der Waals surface area contributed by atoms with Gasteiger partial charge in [0.2, 0.25) is 5.95 Å². The quantitative estimate of drug-likeness (QED) is 0.771. The van der Waals surface area contributed by atoms with E-state index >= 15 is 0 Å². The molecule has 1 saturated heterocycles. The van der Waals surface area contributed by atoms with E-state index < -0.39 is 30.0 Å². The molecule has 8 heteroatoms. The summed E-state index contributed by atoms with van der Waals surface area (Å²) in [5.41, 5.74) is -0.672. The van der Waals surface area contributed by atoms with Crippen LogP contribution in [0.3, 0.4) is 0 Å². The van der Waals surface area contributed by atoms with E-state index in [9.17, 15) is 4.79 Å². The average molecular weight is 335 g/mol. The molecule has 1 aromatic heterocycles. The van der Waals surface area contributed by atoms with Crippen molar-refractivity contribution < 1.29 is 18.8 Å². The molecule has 0 aromatic carbocycles. The van der Waals surface area contributed by atoms with Crippen LogP contribution in [-0.4, -0.2) is 47.0 Å². The highest BCUT2D eigenvalue weighted by Gasteiger charge is 2.52. The van der Waals surface area contributed by atoms with E-state index in [2.05, 4.69) is 9.97 Å². The maximum Gasteiger partial charge on any atom is 0.498 e. The van der Waals surface area contributed by atoms with Crippen LogP contribution in [0, 0.1) is 0 Å². The summed E-state index contributed by atoms with van der Waals surface area (Å²) in [6.45, 7) is 13.6. The lowest BCUT2D eigenvalue weighted by molar-refractivity contribution is 0.00578. The summed E-state index contributed by atoms with van der Waals surface area (Å²) in [7, 11) is 0.796. The summed E-state index contributed by atoms with van der Waals surface area (Å²) >= 11 is 0. The fourth-order valence-electron chi connectivity index (χ4n) is 2.29. The third-order valence-corrected chi connectivity index (χ3v) is 4.41. The maximum atomic E-state index is 12.0. The Hall–Kier alpha value is -1.67. The Morgan fingerprint density at radius 2 is 1.58 bits per heavy atom. The van der Waals surface area contributed by atoms with E-state index in [1.54, 1.807) is 12.4 Å². The van der Waals surface area contributed by atoms with Gasteiger partial charge in [-0.3, -0.25) is 0 Å². The number of rotatable bonds is 2. The summed E-state index contributed by atoms with van der Waals surface area (Å²) in [5, 5.41) is 0. The number of carbonyl (C=O) groups excluding carboxylic acids is 1. The fourth-order valence-corrected chi connectivity index (χ4v) is 2.29. The maximum absolute atomic E-state index is 12.0. The lowest BCUT2D eigenvalue weighted by atomic mass is 9.81. The molecule has 0 saturated carbocycles. The molecule has 0 N–H and O–H groups in total. The van der Waals surface area contributed by atoms with Crippen molar-refractivity contribution >= 4 is 24.6 Å². The number of amides is 1. The van der Waals surface area contributed by atoms with Crippen LogP contribution < -0.4 is 10.4 Å². The van der Waals surface area contributed by atoms with Gasteiger partial charge in [0.1, 0.15) is 0 Å². The number of ether oxygens (including phenoxy) is 1. The number of hydrogen-bond acceptors (Lipinski definition) is 6. The minimum Gasteiger partial charge on any atom is -0.452 e. The third kappa shape index (κ3) is 3.39. The predicted octanol–water partition coefficient (Wildman–Crippen LogP) is 2.15. The van der Waals surface area contributed by atoms with E-state index in [1.807, 2.05) is 48.5 Å². The molecule has 1 fully saturated rings. The number of nitrogens with zero attached hydrogens (tertiary/aromatic N) is 3. The second-order valence-corrected chi connectivity index (χ2v) is 7.88. The van der Waals surface area contributed by atoms with E-state index in [0.29, 0.717) is 5.46 Å². The van der Waals surface area contributed by atoms with Crippen molar-refractivity contribution in [3.8, 4) is 0 Å². The van der Waals surface area contributed by atoms with Gasteiger partial charge in [0.25, 0.3) is 0 Å². The van der Waals surface area contributed by atoms with Gasteiger partial charge in [-0.05, 0) is 48.5 Å². The van der Waals surface area contributed by atoms with Gasteiger partial charge in [0.05, 0.1) is 18.3 Å². The van der Waals surface area contributed by atoms with Crippen LogP contribution in [0.4, 0.5) is 10.7 Å². The van der Waals surface area contributed by atoms with Crippen molar-refractivity contribution in [2.45, 2.75) is 65.2 Å². The van der Waals surface area contributed by atoms with Gasteiger partial charge in [-0.15, -0.1) is 0 Å². The molecule has 132 valence electrons. The molecule has 1 aromatic rings. The van der Waals surface area contributed by atoms with Crippen molar-refractivity contribution in [2.24, 2.45) is 0 Å². The van der Waals surface area contributed by atoms with Crippen molar-refractivity contribution in [3.05, 3.63) is 12.4 Å². The Kier molecular flexibility index (Phi) is 4.67. The standard InChI is InChI=1S/C16H26BN3O4/c1-14(2,3)20(13(21)22-8)12-18-9-11(10-19-12)17-23-15(4,5)16(6,7)24-17/h9-10H,1-8H3. The van der Waals surface area contributed by atoms with Gasteiger partial charge in [-0.1, -0.05) is 0 Å². The molecule has 0 aliphatic carbocycles. The first kappa shape index (κ1) is 18.7. The number of methoxy groups -OCH3 is 1. The summed E-state index contributed by atoms with van der Waals surface area (Å²) in [4.78, 5) is 22.1. The monoisotopic (exact) mass is 335 g/mol. The Morgan fingerprint density at radius 1 is 1.12 bits per heavy atom. The third-order valence-electron chi connectivity index (χ3n) is 4.41. The Bertz CT molecular complexity index is 595. The summed E-state index contributed by atoms with van der Waals surface area (Å²) in [6, 6.07) is 0. The van der Waals surface area contributed by atoms with E-state index in [4.69, 9.17) is 14.0 Å². The summed E-state index contributed by atoms with van der Waals surface area (Å²) < 4.78 is 16.8. The number of aromatic nitrogens is 2. The zero-order valence-corrected chi connectivity index (χ0v) is 15.7. The van der Waals surface area contributed by atoms with Crippen LogP contribution in [0.15, 0.2) is 12.4 Å². The largest absolute Gasteiger partial charge is 0.498 e. The van der Waals surface area contributed by atoms with Crippen LogP contribution in [0.1, 0.15) is 48.5 Å². The molecular weight excluding hydrogens is 309 g/mol. The minimum atomic E-state index is -0.537. The van der Waals surface area contributed by atoms with Crippen molar-refractivity contribution in [3.63, 3.8) is 0 Å². The molecule has 2 rings (SSSR count). The minimum absolute atomic E-state index is 0.273. The van der Waals surface area contributed by atoms with E-state index in [0.717, 1.165) is 0 Å². The van der Waals surface area contributed by atoms with E-state index in [1.165, 1.54) is 12.0 Å².